The van der Waals surface area contributed by atoms with Gasteiger partial charge in [0.2, 0.25) is 11.8 Å². The van der Waals surface area contributed by atoms with Crippen molar-refractivity contribution in [1.29, 1.82) is 0 Å². The highest BCUT2D eigenvalue weighted by atomic mass is 16.5. The molecule has 1 N–H and O–H groups in total. The molecule has 1 atom stereocenters. The number of amides is 1. The van der Waals surface area contributed by atoms with Crippen LogP contribution in [0.25, 0.3) is 0 Å². The first-order chi connectivity index (χ1) is 11.7. The fourth-order valence-corrected chi connectivity index (χ4v) is 3.28. The van der Waals surface area contributed by atoms with Crippen LogP contribution < -0.4 is 5.32 Å². The first-order valence-corrected chi connectivity index (χ1v) is 9.28. The summed E-state index contributed by atoms with van der Waals surface area (Å²) in [7, 11) is 0. The van der Waals surface area contributed by atoms with Crippen LogP contribution in [0.2, 0.25) is 0 Å². The second-order valence-corrected chi connectivity index (χ2v) is 7.45. The number of carbonyl (C=O) groups excluding carboxylic acids is 1. The summed E-state index contributed by atoms with van der Waals surface area (Å²) in [5.41, 5.74) is 0. The summed E-state index contributed by atoms with van der Waals surface area (Å²) in [6.07, 6.45) is 5.70. The van der Waals surface area contributed by atoms with Crippen molar-refractivity contribution < 1.29 is 9.32 Å². The standard InChI is InChI=1S/C17H27N5O2/c1-12(16(23)18-14-5-6-14)22-8-2-7-21(9-10-22)11-15-19-17(24-20-15)13-3-4-13/h12-14H,2-11H2,1H3,(H,18,23). The molecule has 1 aliphatic heterocycles. The minimum absolute atomic E-state index is 0.0443. The topological polar surface area (TPSA) is 74.5 Å². The third kappa shape index (κ3) is 3.95. The quantitative estimate of drug-likeness (QED) is 0.841. The predicted octanol–water partition coefficient (Wildman–Crippen LogP) is 1.12. The van der Waals surface area contributed by atoms with E-state index in [1.54, 1.807) is 0 Å². The van der Waals surface area contributed by atoms with E-state index in [2.05, 4.69) is 25.3 Å². The zero-order chi connectivity index (χ0) is 16.5. The lowest BCUT2D eigenvalue weighted by Crippen LogP contribution is -2.47. The Kier molecular flexibility index (Phi) is 4.54. The normalized spacial score (nSPS) is 24.5. The van der Waals surface area contributed by atoms with E-state index in [1.165, 1.54) is 12.8 Å². The van der Waals surface area contributed by atoms with Crippen molar-refractivity contribution in [2.75, 3.05) is 26.2 Å². The number of nitrogens with one attached hydrogen (secondary N) is 1. The van der Waals surface area contributed by atoms with Gasteiger partial charge in [-0.25, -0.2) is 0 Å². The molecule has 1 aromatic heterocycles. The summed E-state index contributed by atoms with van der Waals surface area (Å²) >= 11 is 0. The van der Waals surface area contributed by atoms with Crippen molar-refractivity contribution in [3.63, 3.8) is 0 Å². The van der Waals surface area contributed by atoms with Crippen LogP contribution in [-0.4, -0.2) is 64.1 Å². The molecule has 0 spiro atoms. The smallest absolute Gasteiger partial charge is 0.237 e. The van der Waals surface area contributed by atoms with Crippen LogP contribution in [0.4, 0.5) is 0 Å². The molecule has 4 rings (SSSR count). The van der Waals surface area contributed by atoms with Crippen molar-refractivity contribution in [2.45, 2.75) is 63.6 Å². The van der Waals surface area contributed by atoms with Crippen LogP contribution in [0.3, 0.4) is 0 Å². The average Bonchev–Trinajstić information content (AvgIpc) is 3.47. The van der Waals surface area contributed by atoms with E-state index in [-0.39, 0.29) is 11.9 Å². The number of carbonyl (C=O) groups is 1. The number of hydrogen-bond acceptors (Lipinski definition) is 6. The predicted molar refractivity (Wildman–Crippen MR) is 88.4 cm³/mol. The zero-order valence-corrected chi connectivity index (χ0v) is 14.4. The van der Waals surface area contributed by atoms with Gasteiger partial charge in [-0.3, -0.25) is 14.6 Å². The fraction of sp³-hybridized carbons (Fsp3) is 0.824. The van der Waals surface area contributed by atoms with E-state index in [0.717, 1.165) is 63.7 Å². The van der Waals surface area contributed by atoms with E-state index in [4.69, 9.17) is 4.52 Å². The van der Waals surface area contributed by atoms with E-state index in [1.807, 2.05) is 6.92 Å². The third-order valence-electron chi connectivity index (χ3n) is 5.25. The molecule has 1 aromatic rings. The van der Waals surface area contributed by atoms with E-state index >= 15 is 0 Å². The molecule has 132 valence electrons. The highest BCUT2D eigenvalue weighted by molar-refractivity contribution is 5.81. The summed E-state index contributed by atoms with van der Waals surface area (Å²) in [6.45, 7) is 6.60. The monoisotopic (exact) mass is 333 g/mol. The molecule has 0 aromatic carbocycles. The molecular formula is C17H27N5O2. The lowest BCUT2D eigenvalue weighted by molar-refractivity contribution is -0.126. The molecular weight excluding hydrogens is 306 g/mol. The van der Waals surface area contributed by atoms with Gasteiger partial charge in [0.1, 0.15) is 0 Å². The second kappa shape index (κ2) is 6.80. The SMILES string of the molecule is CC(C(=O)NC1CC1)N1CCCN(Cc2noc(C3CC3)n2)CC1. The average molecular weight is 333 g/mol. The summed E-state index contributed by atoms with van der Waals surface area (Å²) in [5.74, 6) is 2.30. The molecule has 2 saturated carbocycles. The maximum Gasteiger partial charge on any atom is 0.237 e. The molecule has 1 unspecified atom stereocenters. The third-order valence-corrected chi connectivity index (χ3v) is 5.25. The molecule has 1 amide bonds. The van der Waals surface area contributed by atoms with Crippen LogP contribution in [0.1, 0.15) is 56.7 Å². The van der Waals surface area contributed by atoms with Crippen molar-refractivity contribution in [1.82, 2.24) is 25.3 Å². The van der Waals surface area contributed by atoms with E-state index in [0.29, 0.717) is 12.0 Å². The molecule has 1 saturated heterocycles. The van der Waals surface area contributed by atoms with Gasteiger partial charge in [0, 0.05) is 31.6 Å². The summed E-state index contributed by atoms with van der Waals surface area (Å²) in [5, 5.41) is 7.23. The van der Waals surface area contributed by atoms with Crippen LogP contribution >= 0.6 is 0 Å². The largest absolute Gasteiger partial charge is 0.352 e. The Balaban J connectivity index is 1.27. The molecule has 3 fully saturated rings. The summed E-state index contributed by atoms with van der Waals surface area (Å²) in [4.78, 5) is 21.4. The number of aromatic nitrogens is 2. The first-order valence-electron chi connectivity index (χ1n) is 9.28. The molecule has 2 heterocycles. The second-order valence-electron chi connectivity index (χ2n) is 7.45. The molecule has 24 heavy (non-hydrogen) atoms. The van der Waals surface area contributed by atoms with Gasteiger partial charge in [-0.15, -0.1) is 0 Å². The zero-order valence-electron chi connectivity index (χ0n) is 14.4. The van der Waals surface area contributed by atoms with Crippen molar-refractivity contribution in [2.24, 2.45) is 0 Å². The Labute approximate surface area is 142 Å². The lowest BCUT2D eigenvalue weighted by atomic mass is 10.2. The Bertz CT molecular complexity index is 581. The Morgan fingerprint density at radius 3 is 2.83 bits per heavy atom. The van der Waals surface area contributed by atoms with Gasteiger partial charge in [0.25, 0.3) is 0 Å². The van der Waals surface area contributed by atoms with Crippen molar-refractivity contribution >= 4 is 5.91 Å². The van der Waals surface area contributed by atoms with Gasteiger partial charge in [0.05, 0.1) is 12.6 Å². The number of rotatable bonds is 6. The Hall–Kier alpha value is -1.47. The maximum absolute atomic E-state index is 12.3. The summed E-state index contributed by atoms with van der Waals surface area (Å²) < 4.78 is 5.34. The van der Waals surface area contributed by atoms with Crippen LogP contribution in [0.15, 0.2) is 4.52 Å². The molecule has 3 aliphatic rings. The van der Waals surface area contributed by atoms with Crippen molar-refractivity contribution in [3.05, 3.63) is 11.7 Å². The van der Waals surface area contributed by atoms with Crippen LogP contribution in [-0.2, 0) is 11.3 Å². The van der Waals surface area contributed by atoms with Gasteiger partial charge in [-0.05, 0) is 45.6 Å². The van der Waals surface area contributed by atoms with Gasteiger partial charge in [-0.1, -0.05) is 5.16 Å². The van der Waals surface area contributed by atoms with Gasteiger partial charge in [-0.2, -0.15) is 4.98 Å². The Morgan fingerprint density at radius 1 is 1.25 bits per heavy atom. The highest BCUT2D eigenvalue weighted by Gasteiger charge is 2.31. The van der Waals surface area contributed by atoms with Crippen LogP contribution in [0, 0.1) is 0 Å². The lowest BCUT2D eigenvalue weighted by Gasteiger charge is -2.26. The van der Waals surface area contributed by atoms with Crippen molar-refractivity contribution in [3.8, 4) is 0 Å². The minimum Gasteiger partial charge on any atom is -0.352 e. The van der Waals surface area contributed by atoms with E-state index in [9.17, 15) is 4.79 Å². The Morgan fingerprint density at radius 2 is 2.08 bits per heavy atom. The molecule has 7 nitrogen and oxygen atoms in total. The molecule has 7 heteroatoms. The van der Waals surface area contributed by atoms with E-state index < -0.39 is 0 Å². The summed E-state index contributed by atoms with van der Waals surface area (Å²) in [6, 6.07) is 0.388. The molecule has 2 aliphatic carbocycles. The maximum atomic E-state index is 12.3. The number of hydrogen-bond donors (Lipinski definition) is 1. The molecule has 0 bridgehead atoms. The minimum atomic E-state index is -0.0443. The van der Waals surface area contributed by atoms with Gasteiger partial charge >= 0.3 is 0 Å². The molecule has 0 radical (unpaired) electrons. The fourth-order valence-electron chi connectivity index (χ4n) is 3.28. The first kappa shape index (κ1) is 16.0. The highest BCUT2D eigenvalue weighted by Crippen LogP contribution is 2.38. The van der Waals surface area contributed by atoms with Crippen LogP contribution in [0.5, 0.6) is 0 Å². The van der Waals surface area contributed by atoms with Gasteiger partial charge in [0.15, 0.2) is 5.82 Å². The number of nitrogens with zero attached hydrogens (tertiary/aromatic N) is 4. The van der Waals surface area contributed by atoms with Gasteiger partial charge < -0.3 is 9.84 Å².